The van der Waals surface area contributed by atoms with E-state index in [-0.39, 0.29) is 12.3 Å². The molecule has 142 valence electrons. The molecule has 0 saturated carbocycles. The molecule has 3 aromatic rings. The van der Waals surface area contributed by atoms with E-state index < -0.39 is 12.5 Å². The molecule has 0 saturated heterocycles. The van der Waals surface area contributed by atoms with Gasteiger partial charge in [-0.15, -0.1) is 13.2 Å². The monoisotopic (exact) mass is 379 g/mol. The zero-order valence-corrected chi connectivity index (χ0v) is 14.3. The number of fused-ring (bicyclic) bond motifs is 1. The third kappa shape index (κ3) is 4.90. The second-order valence-corrected chi connectivity index (χ2v) is 5.74. The number of nitrogens with zero attached hydrogens (tertiary/aromatic N) is 1. The van der Waals surface area contributed by atoms with Crippen LogP contribution in [0.25, 0.3) is 10.9 Å². The first kappa shape index (κ1) is 18.6. The summed E-state index contributed by atoms with van der Waals surface area (Å²) in [6, 6.07) is 7.34. The van der Waals surface area contributed by atoms with Crippen LogP contribution in [0.5, 0.6) is 11.5 Å². The summed E-state index contributed by atoms with van der Waals surface area (Å²) >= 11 is 0. The quantitative estimate of drug-likeness (QED) is 0.700. The third-order valence-corrected chi connectivity index (χ3v) is 3.81. The number of aromatic amines is 1. The Kier molecular flexibility index (Phi) is 5.20. The van der Waals surface area contributed by atoms with E-state index in [2.05, 4.69) is 20.0 Å². The van der Waals surface area contributed by atoms with E-state index in [9.17, 15) is 18.0 Å². The van der Waals surface area contributed by atoms with E-state index in [0.717, 1.165) is 11.3 Å². The minimum absolute atomic E-state index is 0.247. The Morgan fingerprint density at radius 1 is 1.26 bits per heavy atom. The highest BCUT2D eigenvalue weighted by atomic mass is 19.4. The van der Waals surface area contributed by atoms with Crippen LogP contribution in [-0.4, -0.2) is 29.0 Å². The molecule has 1 aromatic carbocycles. The lowest BCUT2D eigenvalue weighted by atomic mass is 10.1. The van der Waals surface area contributed by atoms with Gasteiger partial charge in [-0.1, -0.05) is 0 Å². The summed E-state index contributed by atoms with van der Waals surface area (Å²) in [5.41, 5.74) is 2.28. The molecule has 27 heavy (non-hydrogen) atoms. The number of halogens is 3. The Morgan fingerprint density at radius 3 is 2.78 bits per heavy atom. The van der Waals surface area contributed by atoms with Gasteiger partial charge in [0.15, 0.2) is 5.75 Å². The number of alkyl halides is 3. The summed E-state index contributed by atoms with van der Waals surface area (Å²) in [4.78, 5) is 18.7. The molecule has 0 bridgehead atoms. The number of pyridine rings is 1. The zero-order chi connectivity index (χ0) is 19.4. The van der Waals surface area contributed by atoms with Crippen LogP contribution in [0, 0.1) is 6.92 Å². The maximum absolute atomic E-state index is 12.4. The smallest absolute Gasteiger partial charge is 0.409 e. The molecule has 0 atom stereocenters. The van der Waals surface area contributed by atoms with Crippen molar-refractivity contribution in [3.63, 3.8) is 0 Å². The molecule has 3 rings (SSSR count). The number of H-pyrrole nitrogens is 1. The van der Waals surface area contributed by atoms with Crippen LogP contribution in [0.3, 0.4) is 0 Å². The summed E-state index contributed by atoms with van der Waals surface area (Å²) < 4.78 is 46.3. The summed E-state index contributed by atoms with van der Waals surface area (Å²) in [7, 11) is 0. The molecule has 1 amide bonds. The van der Waals surface area contributed by atoms with Crippen LogP contribution in [0.1, 0.15) is 11.3 Å². The number of aryl methyl sites for hydroxylation is 1. The van der Waals surface area contributed by atoms with Crippen molar-refractivity contribution in [1.82, 2.24) is 15.3 Å². The molecule has 6 nitrogen and oxygen atoms in total. The van der Waals surface area contributed by atoms with Gasteiger partial charge in [0.2, 0.25) is 0 Å². The molecule has 9 heteroatoms. The Balaban J connectivity index is 1.66. The third-order valence-electron chi connectivity index (χ3n) is 3.81. The highest BCUT2D eigenvalue weighted by Gasteiger charge is 2.31. The molecule has 0 aliphatic rings. The lowest BCUT2D eigenvalue weighted by Crippen LogP contribution is -2.28. The SMILES string of the molecule is Cc1[nH]c2ccc(OC(F)(F)F)cc2c1CCNC(=O)Oc1cccnc1. The van der Waals surface area contributed by atoms with Gasteiger partial charge in [-0.3, -0.25) is 4.98 Å². The lowest BCUT2D eigenvalue weighted by molar-refractivity contribution is -0.274. The van der Waals surface area contributed by atoms with Gasteiger partial charge >= 0.3 is 12.5 Å². The standard InChI is InChI=1S/C18H16F3N3O3/c1-11-14(6-8-23-17(25)26-13-3-2-7-22-10-13)15-9-12(27-18(19,20)21)4-5-16(15)24-11/h2-5,7,9-10,24H,6,8H2,1H3,(H,23,25). The number of hydrogen-bond donors (Lipinski definition) is 2. The summed E-state index contributed by atoms with van der Waals surface area (Å²) in [5.74, 6) is 0.0198. The van der Waals surface area contributed by atoms with Gasteiger partial charge in [0.25, 0.3) is 0 Å². The maximum atomic E-state index is 12.4. The predicted molar refractivity (Wildman–Crippen MR) is 91.7 cm³/mol. The van der Waals surface area contributed by atoms with E-state index >= 15 is 0 Å². The Bertz CT molecular complexity index is 939. The molecular formula is C18H16F3N3O3. The van der Waals surface area contributed by atoms with Gasteiger partial charge in [0.05, 0.1) is 6.20 Å². The van der Waals surface area contributed by atoms with Crippen molar-refractivity contribution in [2.24, 2.45) is 0 Å². The predicted octanol–water partition coefficient (Wildman–Crippen LogP) is 4.10. The van der Waals surface area contributed by atoms with Gasteiger partial charge in [0.1, 0.15) is 5.75 Å². The minimum Gasteiger partial charge on any atom is -0.409 e. The van der Waals surface area contributed by atoms with Gasteiger partial charge < -0.3 is 19.8 Å². The number of nitrogens with one attached hydrogen (secondary N) is 2. The molecule has 2 N–H and O–H groups in total. The molecule has 2 aromatic heterocycles. The highest BCUT2D eigenvalue weighted by Crippen LogP contribution is 2.29. The number of aromatic nitrogens is 2. The number of rotatable bonds is 5. The number of benzene rings is 1. The fraction of sp³-hybridized carbons (Fsp3) is 0.222. The van der Waals surface area contributed by atoms with Gasteiger partial charge in [0, 0.05) is 29.3 Å². The van der Waals surface area contributed by atoms with Gasteiger partial charge in [-0.25, -0.2) is 4.79 Å². The fourth-order valence-electron chi connectivity index (χ4n) is 2.72. The number of ether oxygens (including phenoxy) is 2. The Morgan fingerprint density at radius 2 is 2.07 bits per heavy atom. The van der Waals surface area contributed by atoms with Gasteiger partial charge in [-0.05, 0) is 49.2 Å². The molecule has 0 unspecified atom stereocenters. The highest BCUT2D eigenvalue weighted by molar-refractivity contribution is 5.86. The first-order valence-electron chi connectivity index (χ1n) is 8.04. The first-order valence-corrected chi connectivity index (χ1v) is 8.04. The number of hydrogen-bond acceptors (Lipinski definition) is 4. The first-order chi connectivity index (χ1) is 12.8. The normalized spacial score (nSPS) is 11.4. The van der Waals surface area contributed by atoms with Crippen LogP contribution in [-0.2, 0) is 6.42 Å². The van der Waals surface area contributed by atoms with E-state index in [1.807, 2.05) is 6.92 Å². The Labute approximate surface area is 152 Å². The number of carbonyl (C=O) groups excluding carboxylic acids is 1. The molecule has 0 fully saturated rings. The van der Waals surface area contributed by atoms with Crippen molar-refractivity contribution in [2.75, 3.05) is 6.54 Å². The van der Waals surface area contributed by atoms with Crippen molar-refractivity contribution in [3.8, 4) is 11.5 Å². The maximum Gasteiger partial charge on any atom is 0.573 e. The molecule has 0 radical (unpaired) electrons. The largest absolute Gasteiger partial charge is 0.573 e. The summed E-state index contributed by atoms with van der Waals surface area (Å²) in [6.45, 7) is 2.06. The molecule has 2 heterocycles. The molecule has 0 aliphatic heterocycles. The topological polar surface area (TPSA) is 76.2 Å². The van der Waals surface area contributed by atoms with Crippen molar-refractivity contribution in [2.45, 2.75) is 19.7 Å². The van der Waals surface area contributed by atoms with Crippen LogP contribution >= 0.6 is 0 Å². The van der Waals surface area contributed by atoms with Gasteiger partial charge in [-0.2, -0.15) is 0 Å². The fourth-order valence-corrected chi connectivity index (χ4v) is 2.72. The summed E-state index contributed by atoms with van der Waals surface area (Å²) in [6.07, 6.45) is -2.02. The molecular weight excluding hydrogens is 363 g/mol. The van der Waals surface area contributed by atoms with Crippen molar-refractivity contribution in [1.29, 1.82) is 0 Å². The molecule has 0 spiro atoms. The van der Waals surface area contributed by atoms with Crippen LogP contribution in [0.4, 0.5) is 18.0 Å². The second-order valence-electron chi connectivity index (χ2n) is 5.74. The van der Waals surface area contributed by atoms with E-state index in [4.69, 9.17) is 4.74 Å². The number of amides is 1. The van der Waals surface area contributed by atoms with Crippen LogP contribution < -0.4 is 14.8 Å². The van der Waals surface area contributed by atoms with Crippen molar-refractivity contribution in [3.05, 3.63) is 54.0 Å². The zero-order valence-electron chi connectivity index (χ0n) is 14.3. The lowest BCUT2D eigenvalue weighted by Gasteiger charge is -2.09. The molecule has 0 aliphatic carbocycles. The van der Waals surface area contributed by atoms with Crippen molar-refractivity contribution < 1.29 is 27.4 Å². The minimum atomic E-state index is -4.75. The number of carbonyl (C=O) groups is 1. The average Bonchev–Trinajstić information content (AvgIpc) is 2.90. The van der Waals surface area contributed by atoms with E-state index in [1.54, 1.807) is 18.3 Å². The second kappa shape index (κ2) is 7.56. The van der Waals surface area contributed by atoms with Crippen LogP contribution in [0.2, 0.25) is 0 Å². The van der Waals surface area contributed by atoms with E-state index in [0.29, 0.717) is 23.1 Å². The van der Waals surface area contributed by atoms with Crippen LogP contribution in [0.15, 0.2) is 42.7 Å². The average molecular weight is 379 g/mol. The van der Waals surface area contributed by atoms with E-state index in [1.165, 1.54) is 24.4 Å². The Hall–Kier alpha value is -3.23. The van der Waals surface area contributed by atoms with Crippen molar-refractivity contribution >= 4 is 17.0 Å². The summed E-state index contributed by atoms with van der Waals surface area (Å²) in [5, 5.41) is 3.21.